The zero-order chi connectivity index (χ0) is 19.7. The first-order chi connectivity index (χ1) is 13.4. The number of aromatic nitrogens is 1. The number of pyridine rings is 1. The highest BCUT2D eigenvalue weighted by molar-refractivity contribution is 7.89. The van der Waals surface area contributed by atoms with Gasteiger partial charge in [-0.05, 0) is 41.8 Å². The third-order valence-electron chi connectivity index (χ3n) is 4.15. The number of sulfonamides is 1. The van der Waals surface area contributed by atoms with Gasteiger partial charge in [-0.2, -0.15) is 0 Å². The zero-order valence-electron chi connectivity index (χ0n) is 14.9. The van der Waals surface area contributed by atoms with E-state index < -0.39 is 10.0 Å². The van der Waals surface area contributed by atoms with E-state index in [-0.39, 0.29) is 23.2 Å². The van der Waals surface area contributed by atoms with Gasteiger partial charge in [-0.25, -0.2) is 18.5 Å². The van der Waals surface area contributed by atoms with Crippen LogP contribution in [0.25, 0.3) is 21.5 Å². The number of benzene rings is 2. The maximum Gasteiger partial charge on any atom is 0.256 e. The fraction of sp³-hybridized carbons (Fsp3) is 0. The minimum atomic E-state index is -3.86. The summed E-state index contributed by atoms with van der Waals surface area (Å²) in [7, 11) is -3.86. The van der Waals surface area contributed by atoms with Crippen molar-refractivity contribution in [2.75, 3.05) is 5.32 Å². The molecule has 0 unspecified atom stereocenters. The number of amides is 1. The second-order valence-electron chi connectivity index (χ2n) is 6.08. The summed E-state index contributed by atoms with van der Waals surface area (Å²) in [5.74, 6) is -0.358. The highest BCUT2D eigenvalue weighted by Crippen LogP contribution is 2.28. The Morgan fingerprint density at radius 1 is 1.00 bits per heavy atom. The molecule has 0 bridgehead atoms. The molecule has 9 heteroatoms. The fourth-order valence-electron chi connectivity index (χ4n) is 2.86. The average Bonchev–Trinajstić information content (AvgIpc) is 3.21. The van der Waals surface area contributed by atoms with Crippen molar-refractivity contribution in [1.82, 2.24) is 4.98 Å². The Labute approximate surface area is 177 Å². The van der Waals surface area contributed by atoms with Crippen LogP contribution in [-0.4, -0.2) is 19.3 Å². The van der Waals surface area contributed by atoms with Crippen molar-refractivity contribution in [3.63, 3.8) is 0 Å². The van der Waals surface area contributed by atoms with Crippen LogP contribution in [0.3, 0.4) is 0 Å². The fourth-order valence-corrected chi connectivity index (χ4v) is 4.11. The Morgan fingerprint density at radius 2 is 1.79 bits per heavy atom. The summed E-state index contributed by atoms with van der Waals surface area (Å²) in [6, 6.07) is 18.8. The summed E-state index contributed by atoms with van der Waals surface area (Å²) in [5, 5.41) is 10.6. The molecule has 29 heavy (non-hydrogen) atoms. The van der Waals surface area contributed by atoms with E-state index in [0.717, 1.165) is 4.88 Å². The van der Waals surface area contributed by atoms with Crippen LogP contribution in [0, 0.1) is 0 Å². The monoisotopic (exact) mass is 445 g/mol. The number of hydrogen-bond acceptors (Lipinski definition) is 5. The number of fused-ring (bicyclic) bond motifs is 1. The van der Waals surface area contributed by atoms with Gasteiger partial charge in [0.1, 0.15) is 0 Å². The van der Waals surface area contributed by atoms with Gasteiger partial charge in [0.25, 0.3) is 5.91 Å². The Hall–Kier alpha value is -2.78. The van der Waals surface area contributed by atoms with Crippen LogP contribution in [0.1, 0.15) is 10.4 Å². The van der Waals surface area contributed by atoms with Gasteiger partial charge in [-0.15, -0.1) is 23.7 Å². The summed E-state index contributed by atoms with van der Waals surface area (Å²) in [6.07, 6.45) is 0. The Kier molecular flexibility index (Phi) is 5.99. The molecule has 0 atom stereocenters. The number of thiophene rings is 1. The molecule has 0 aliphatic rings. The third kappa shape index (κ3) is 4.46. The first-order valence-corrected chi connectivity index (χ1v) is 10.7. The van der Waals surface area contributed by atoms with Gasteiger partial charge < -0.3 is 5.32 Å². The van der Waals surface area contributed by atoms with Gasteiger partial charge in [0.15, 0.2) is 0 Å². The number of rotatable bonds is 4. The van der Waals surface area contributed by atoms with E-state index in [1.165, 1.54) is 29.5 Å². The predicted molar refractivity (Wildman–Crippen MR) is 118 cm³/mol. The molecule has 2 heterocycles. The molecule has 2 aromatic heterocycles. The molecule has 0 aliphatic heterocycles. The van der Waals surface area contributed by atoms with E-state index in [1.807, 2.05) is 41.8 Å². The van der Waals surface area contributed by atoms with Crippen molar-refractivity contribution in [3.05, 3.63) is 77.7 Å². The van der Waals surface area contributed by atoms with E-state index in [9.17, 15) is 13.2 Å². The maximum absolute atomic E-state index is 13.0. The highest BCUT2D eigenvalue weighted by Gasteiger charge is 2.15. The standard InChI is InChI=1S/C20H15N3O3S2.ClH/c21-28(25,26)14-6-3-5-13(11-14)22-20(24)16-12-18(19-9-4-10-27-19)23-17-8-2-1-7-15(16)17;/h1-12H,(H,22,24)(H2,21,25,26);1H. The number of carbonyl (C=O) groups is 1. The Balaban J connectivity index is 0.00000240. The first-order valence-electron chi connectivity index (χ1n) is 8.30. The number of primary sulfonamides is 1. The van der Waals surface area contributed by atoms with E-state index in [2.05, 4.69) is 10.3 Å². The molecule has 1 amide bonds. The summed E-state index contributed by atoms with van der Waals surface area (Å²) >= 11 is 1.54. The lowest BCUT2D eigenvalue weighted by Gasteiger charge is -2.10. The lowest BCUT2D eigenvalue weighted by molar-refractivity contribution is 0.102. The van der Waals surface area contributed by atoms with Gasteiger partial charge in [-0.1, -0.05) is 30.3 Å². The molecular weight excluding hydrogens is 430 g/mol. The van der Waals surface area contributed by atoms with Gasteiger partial charge in [-0.3, -0.25) is 4.79 Å². The number of hydrogen-bond donors (Lipinski definition) is 2. The molecule has 0 aliphatic carbocycles. The molecule has 4 rings (SSSR count). The van der Waals surface area contributed by atoms with Crippen LogP contribution >= 0.6 is 23.7 Å². The van der Waals surface area contributed by atoms with Gasteiger partial charge >= 0.3 is 0 Å². The summed E-state index contributed by atoms with van der Waals surface area (Å²) in [5.41, 5.74) is 2.21. The summed E-state index contributed by atoms with van der Waals surface area (Å²) in [4.78, 5) is 18.5. The molecule has 0 saturated carbocycles. The summed E-state index contributed by atoms with van der Waals surface area (Å²) < 4.78 is 23.1. The van der Waals surface area contributed by atoms with Crippen molar-refractivity contribution in [2.45, 2.75) is 4.90 Å². The zero-order valence-corrected chi connectivity index (χ0v) is 17.4. The molecule has 0 saturated heterocycles. The quantitative estimate of drug-likeness (QED) is 0.489. The Bertz CT molecular complexity index is 1290. The largest absolute Gasteiger partial charge is 0.322 e. The SMILES string of the molecule is Cl.NS(=O)(=O)c1cccc(NC(=O)c2cc(-c3cccs3)nc3ccccc23)c1. The molecule has 0 spiro atoms. The van der Waals surface area contributed by atoms with Crippen LogP contribution in [0.15, 0.2) is 77.0 Å². The predicted octanol–water partition coefficient (Wildman–Crippen LogP) is 4.28. The van der Waals surface area contributed by atoms with Crippen molar-refractivity contribution >= 4 is 56.3 Å². The minimum Gasteiger partial charge on any atom is -0.322 e. The molecular formula is C20H16ClN3O3S2. The molecule has 6 nitrogen and oxygen atoms in total. The van der Waals surface area contributed by atoms with Crippen molar-refractivity contribution in [2.24, 2.45) is 5.14 Å². The van der Waals surface area contributed by atoms with Crippen LogP contribution in [0.5, 0.6) is 0 Å². The number of nitrogens with two attached hydrogens (primary N) is 1. The van der Waals surface area contributed by atoms with Crippen LogP contribution in [0.4, 0.5) is 5.69 Å². The lowest BCUT2D eigenvalue weighted by Crippen LogP contribution is -2.15. The number of nitrogens with zero attached hydrogens (tertiary/aromatic N) is 1. The number of anilines is 1. The molecule has 148 valence electrons. The van der Waals surface area contributed by atoms with Crippen LogP contribution in [0.2, 0.25) is 0 Å². The topological polar surface area (TPSA) is 102 Å². The Morgan fingerprint density at radius 3 is 2.52 bits per heavy atom. The number of nitrogens with one attached hydrogen (secondary N) is 1. The molecule has 4 aromatic rings. The second-order valence-corrected chi connectivity index (χ2v) is 8.59. The normalized spacial score (nSPS) is 11.1. The molecule has 2 aromatic carbocycles. The van der Waals surface area contributed by atoms with E-state index in [0.29, 0.717) is 27.8 Å². The smallest absolute Gasteiger partial charge is 0.256 e. The molecule has 0 fully saturated rings. The van der Waals surface area contributed by atoms with E-state index >= 15 is 0 Å². The van der Waals surface area contributed by atoms with Crippen molar-refractivity contribution in [3.8, 4) is 10.6 Å². The molecule has 3 N–H and O–H groups in total. The highest BCUT2D eigenvalue weighted by atomic mass is 35.5. The molecule has 0 radical (unpaired) electrons. The first kappa shape index (κ1) is 20.9. The van der Waals surface area contributed by atoms with Gasteiger partial charge in [0, 0.05) is 11.1 Å². The minimum absolute atomic E-state index is 0. The number of carbonyl (C=O) groups excluding carboxylic acids is 1. The second kappa shape index (κ2) is 8.30. The van der Waals surface area contributed by atoms with Crippen molar-refractivity contribution < 1.29 is 13.2 Å². The van der Waals surface area contributed by atoms with E-state index in [4.69, 9.17) is 5.14 Å². The van der Waals surface area contributed by atoms with Crippen molar-refractivity contribution in [1.29, 1.82) is 0 Å². The van der Waals surface area contributed by atoms with E-state index in [1.54, 1.807) is 12.1 Å². The van der Waals surface area contributed by atoms with Gasteiger partial charge in [0.05, 0.1) is 26.5 Å². The number of halogens is 1. The third-order valence-corrected chi connectivity index (χ3v) is 5.96. The summed E-state index contributed by atoms with van der Waals surface area (Å²) in [6.45, 7) is 0. The lowest BCUT2D eigenvalue weighted by atomic mass is 10.1. The maximum atomic E-state index is 13.0. The van der Waals surface area contributed by atoms with Gasteiger partial charge in [0.2, 0.25) is 10.0 Å². The number of para-hydroxylation sites is 1. The van der Waals surface area contributed by atoms with Crippen LogP contribution < -0.4 is 10.5 Å². The van der Waals surface area contributed by atoms with Crippen LogP contribution in [-0.2, 0) is 10.0 Å². The average molecular weight is 446 g/mol.